The molecule has 4 rings (SSSR count). The first-order valence-electron chi connectivity index (χ1n) is 9.74. The number of fused-ring (bicyclic) bond motifs is 1. The van der Waals surface area contributed by atoms with E-state index in [-0.39, 0.29) is 11.7 Å². The molecule has 0 bridgehead atoms. The topological polar surface area (TPSA) is 26.8 Å². The van der Waals surface area contributed by atoms with Gasteiger partial charge in [0.05, 0.1) is 0 Å². The van der Waals surface area contributed by atoms with Gasteiger partial charge < -0.3 is 14.7 Å². The van der Waals surface area contributed by atoms with Crippen molar-refractivity contribution in [1.29, 1.82) is 0 Å². The lowest BCUT2D eigenvalue weighted by Crippen LogP contribution is -2.49. The fraction of sp³-hybridized carbons (Fsp3) is 0.409. The molecule has 2 aromatic carbocycles. The van der Waals surface area contributed by atoms with Crippen LogP contribution in [0.5, 0.6) is 0 Å². The van der Waals surface area contributed by atoms with Crippen molar-refractivity contribution in [2.75, 3.05) is 42.5 Å². The van der Waals surface area contributed by atoms with E-state index in [4.69, 9.17) is 0 Å². The standard InChI is InChI=1S/C22H26FN3O/c1-17-16-18-4-2-3-5-21(18)26(17)11-10-22(27)25-14-12-24(13-15-25)20-8-6-19(23)7-9-20/h2-9,17H,10-16H2,1H3. The first kappa shape index (κ1) is 17.8. The maximum absolute atomic E-state index is 13.1. The zero-order valence-corrected chi connectivity index (χ0v) is 15.8. The summed E-state index contributed by atoms with van der Waals surface area (Å²) >= 11 is 0. The van der Waals surface area contributed by atoms with Crippen LogP contribution in [0.2, 0.25) is 0 Å². The zero-order chi connectivity index (χ0) is 18.8. The average molecular weight is 367 g/mol. The highest BCUT2D eigenvalue weighted by Crippen LogP contribution is 2.31. The van der Waals surface area contributed by atoms with Crippen LogP contribution >= 0.6 is 0 Å². The molecule has 0 aliphatic carbocycles. The second-order valence-electron chi connectivity index (χ2n) is 7.47. The minimum Gasteiger partial charge on any atom is -0.368 e. The van der Waals surface area contributed by atoms with E-state index >= 15 is 0 Å². The summed E-state index contributed by atoms with van der Waals surface area (Å²) in [4.78, 5) is 19.2. The fourth-order valence-corrected chi connectivity index (χ4v) is 4.21. The van der Waals surface area contributed by atoms with E-state index in [1.165, 1.54) is 23.4 Å². The van der Waals surface area contributed by atoms with Gasteiger partial charge in [0.15, 0.2) is 0 Å². The summed E-state index contributed by atoms with van der Waals surface area (Å²) in [5.41, 5.74) is 3.68. The van der Waals surface area contributed by atoms with Gasteiger partial charge in [-0.05, 0) is 49.2 Å². The van der Waals surface area contributed by atoms with Crippen molar-refractivity contribution >= 4 is 17.3 Å². The molecule has 1 saturated heterocycles. The molecule has 1 fully saturated rings. The minimum atomic E-state index is -0.217. The Bertz CT molecular complexity index is 799. The van der Waals surface area contributed by atoms with E-state index < -0.39 is 0 Å². The predicted octanol–water partition coefficient (Wildman–Crippen LogP) is 3.32. The lowest BCUT2D eigenvalue weighted by atomic mass is 10.1. The summed E-state index contributed by atoms with van der Waals surface area (Å²) in [6.45, 7) is 6.03. The van der Waals surface area contributed by atoms with Crippen molar-refractivity contribution in [2.45, 2.75) is 25.8 Å². The normalized spacial score (nSPS) is 19.3. The number of carbonyl (C=O) groups is 1. The Labute approximate surface area is 160 Å². The molecule has 4 nitrogen and oxygen atoms in total. The summed E-state index contributed by atoms with van der Waals surface area (Å²) in [7, 11) is 0. The largest absolute Gasteiger partial charge is 0.368 e. The Morgan fingerprint density at radius 1 is 1.04 bits per heavy atom. The highest BCUT2D eigenvalue weighted by molar-refractivity contribution is 5.77. The predicted molar refractivity (Wildman–Crippen MR) is 107 cm³/mol. The van der Waals surface area contributed by atoms with Gasteiger partial charge >= 0.3 is 0 Å². The van der Waals surface area contributed by atoms with Crippen LogP contribution in [0.1, 0.15) is 18.9 Å². The Hall–Kier alpha value is -2.56. The summed E-state index contributed by atoms with van der Waals surface area (Å²) in [5, 5.41) is 0. The number of piperazine rings is 1. The number of amides is 1. The molecule has 1 amide bonds. The summed E-state index contributed by atoms with van der Waals surface area (Å²) in [6.07, 6.45) is 1.61. The van der Waals surface area contributed by atoms with Crippen molar-refractivity contribution in [3.63, 3.8) is 0 Å². The van der Waals surface area contributed by atoms with Gasteiger partial charge in [-0.15, -0.1) is 0 Å². The summed E-state index contributed by atoms with van der Waals surface area (Å²) in [5.74, 6) is 0.00983. The molecular formula is C22H26FN3O. The van der Waals surface area contributed by atoms with Crippen LogP contribution in [0.25, 0.3) is 0 Å². The van der Waals surface area contributed by atoms with Gasteiger partial charge in [-0.3, -0.25) is 4.79 Å². The van der Waals surface area contributed by atoms with E-state index in [1.54, 1.807) is 12.1 Å². The lowest BCUT2D eigenvalue weighted by Gasteiger charge is -2.36. The molecule has 1 unspecified atom stereocenters. The number of halogens is 1. The molecule has 2 aromatic rings. The molecule has 0 aromatic heterocycles. The van der Waals surface area contributed by atoms with E-state index in [0.717, 1.165) is 44.8 Å². The van der Waals surface area contributed by atoms with Gasteiger partial charge in [0, 0.05) is 56.6 Å². The van der Waals surface area contributed by atoms with Crippen molar-refractivity contribution < 1.29 is 9.18 Å². The minimum absolute atomic E-state index is 0.217. The second-order valence-corrected chi connectivity index (χ2v) is 7.47. The van der Waals surface area contributed by atoms with Crippen LogP contribution in [0.3, 0.4) is 0 Å². The maximum Gasteiger partial charge on any atom is 0.224 e. The molecule has 0 radical (unpaired) electrons. The molecule has 0 N–H and O–H groups in total. The maximum atomic E-state index is 13.1. The van der Waals surface area contributed by atoms with Gasteiger partial charge in [0.1, 0.15) is 5.82 Å². The molecule has 2 aliphatic heterocycles. The molecule has 27 heavy (non-hydrogen) atoms. The molecule has 0 saturated carbocycles. The fourth-order valence-electron chi connectivity index (χ4n) is 4.21. The van der Waals surface area contributed by atoms with Gasteiger partial charge in [-0.25, -0.2) is 4.39 Å². The number of hydrogen-bond acceptors (Lipinski definition) is 3. The van der Waals surface area contributed by atoms with E-state index in [1.807, 2.05) is 4.90 Å². The third-order valence-electron chi connectivity index (χ3n) is 5.74. The number of para-hydroxylation sites is 1. The molecule has 0 spiro atoms. The van der Waals surface area contributed by atoms with Gasteiger partial charge in [0.2, 0.25) is 5.91 Å². The number of nitrogens with zero attached hydrogens (tertiary/aromatic N) is 3. The lowest BCUT2D eigenvalue weighted by molar-refractivity contribution is -0.131. The average Bonchev–Trinajstić information content (AvgIpc) is 3.02. The van der Waals surface area contributed by atoms with Crippen molar-refractivity contribution in [1.82, 2.24) is 4.90 Å². The molecule has 2 aliphatic rings. The van der Waals surface area contributed by atoms with Crippen molar-refractivity contribution in [2.24, 2.45) is 0 Å². The highest BCUT2D eigenvalue weighted by Gasteiger charge is 2.27. The highest BCUT2D eigenvalue weighted by atomic mass is 19.1. The number of hydrogen-bond donors (Lipinski definition) is 0. The van der Waals surface area contributed by atoms with Gasteiger partial charge in [-0.1, -0.05) is 18.2 Å². The van der Waals surface area contributed by atoms with Gasteiger partial charge in [0.25, 0.3) is 0 Å². The molecule has 2 heterocycles. The molecular weight excluding hydrogens is 341 g/mol. The van der Waals surface area contributed by atoms with Crippen LogP contribution in [0, 0.1) is 5.82 Å². The van der Waals surface area contributed by atoms with Crippen LogP contribution in [-0.2, 0) is 11.2 Å². The number of benzene rings is 2. The van der Waals surface area contributed by atoms with Crippen molar-refractivity contribution in [3.8, 4) is 0 Å². The monoisotopic (exact) mass is 367 g/mol. The summed E-state index contributed by atoms with van der Waals surface area (Å²) < 4.78 is 13.1. The zero-order valence-electron chi connectivity index (χ0n) is 15.8. The van der Waals surface area contributed by atoms with Crippen LogP contribution in [-0.4, -0.2) is 49.6 Å². The van der Waals surface area contributed by atoms with Crippen LogP contribution < -0.4 is 9.80 Å². The smallest absolute Gasteiger partial charge is 0.224 e. The molecule has 1 atom stereocenters. The Balaban J connectivity index is 1.29. The first-order valence-corrected chi connectivity index (χ1v) is 9.74. The first-order chi connectivity index (χ1) is 13.1. The SMILES string of the molecule is CC1Cc2ccccc2N1CCC(=O)N1CCN(c2ccc(F)cc2)CC1. The Morgan fingerprint density at radius 3 is 2.48 bits per heavy atom. The molecule has 5 heteroatoms. The number of anilines is 2. The van der Waals surface area contributed by atoms with E-state index in [2.05, 4.69) is 41.0 Å². The summed E-state index contributed by atoms with van der Waals surface area (Å²) in [6, 6.07) is 15.5. The second kappa shape index (κ2) is 7.59. The van der Waals surface area contributed by atoms with E-state index in [0.29, 0.717) is 12.5 Å². The number of rotatable bonds is 4. The quantitative estimate of drug-likeness (QED) is 0.830. The van der Waals surface area contributed by atoms with E-state index in [9.17, 15) is 9.18 Å². The third-order valence-corrected chi connectivity index (χ3v) is 5.74. The van der Waals surface area contributed by atoms with Crippen LogP contribution in [0.15, 0.2) is 48.5 Å². The Kier molecular flexibility index (Phi) is 5.01. The van der Waals surface area contributed by atoms with Crippen molar-refractivity contribution in [3.05, 3.63) is 59.9 Å². The number of carbonyl (C=O) groups excluding carboxylic acids is 1. The third kappa shape index (κ3) is 3.77. The van der Waals surface area contributed by atoms with Crippen LogP contribution in [0.4, 0.5) is 15.8 Å². The Morgan fingerprint density at radius 2 is 1.74 bits per heavy atom. The molecule has 142 valence electrons. The van der Waals surface area contributed by atoms with Gasteiger partial charge in [-0.2, -0.15) is 0 Å².